The number of hydrogen-bond acceptors (Lipinski definition) is 5. The number of hydrogen-bond donors (Lipinski definition) is 3. The van der Waals surface area contributed by atoms with Crippen molar-refractivity contribution in [2.75, 3.05) is 29.9 Å². The average Bonchev–Trinajstić information content (AvgIpc) is 2.83. The van der Waals surface area contributed by atoms with Gasteiger partial charge in [-0.3, -0.25) is 4.72 Å². The normalized spacial score (nSPS) is 23.0. The Morgan fingerprint density at radius 2 is 1.59 bits per heavy atom. The third kappa shape index (κ3) is 7.07. The summed E-state index contributed by atoms with van der Waals surface area (Å²) in [6, 6.07) is 17.1. The molecular weight excluding hydrogens is 462 g/mol. The summed E-state index contributed by atoms with van der Waals surface area (Å²) in [5.74, 6) is 0.755. The molecule has 2 aromatic rings. The molecule has 3 N–H and O–H groups in total. The van der Waals surface area contributed by atoms with Crippen molar-refractivity contribution in [3.8, 4) is 0 Å². The Morgan fingerprint density at radius 1 is 0.971 bits per heavy atom. The SMILES string of the molecule is CC(C)(C)SN[C@H]1CC[C@H](CNc2ccc(N3CCC(O)(c4ccc(Cl)cc4)CC3)cc2)CC1. The molecule has 1 heterocycles. The third-order valence-corrected chi connectivity index (χ3v) is 8.49. The van der Waals surface area contributed by atoms with Gasteiger partial charge in [-0.1, -0.05) is 35.7 Å². The molecule has 0 unspecified atom stereocenters. The van der Waals surface area contributed by atoms with Crippen LogP contribution in [0.2, 0.25) is 5.02 Å². The van der Waals surface area contributed by atoms with E-state index < -0.39 is 5.60 Å². The molecule has 0 spiro atoms. The number of halogens is 1. The summed E-state index contributed by atoms with van der Waals surface area (Å²) in [5, 5.41) is 15.5. The fourth-order valence-corrected chi connectivity index (χ4v) is 5.86. The molecule has 1 saturated heterocycles. The minimum absolute atomic E-state index is 0.274. The van der Waals surface area contributed by atoms with Gasteiger partial charge in [0.25, 0.3) is 0 Å². The van der Waals surface area contributed by atoms with Crippen LogP contribution in [0.25, 0.3) is 0 Å². The largest absolute Gasteiger partial charge is 0.385 e. The predicted octanol–water partition coefficient (Wildman–Crippen LogP) is 6.84. The first-order valence-corrected chi connectivity index (χ1v) is 13.9. The quantitative estimate of drug-likeness (QED) is 0.363. The first-order chi connectivity index (χ1) is 16.2. The van der Waals surface area contributed by atoms with Gasteiger partial charge in [0.05, 0.1) is 5.60 Å². The van der Waals surface area contributed by atoms with Crippen LogP contribution in [-0.4, -0.2) is 35.5 Å². The number of nitrogens with one attached hydrogen (secondary N) is 2. The van der Waals surface area contributed by atoms with Crippen molar-refractivity contribution in [2.24, 2.45) is 5.92 Å². The van der Waals surface area contributed by atoms with Gasteiger partial charge in [0, 0.05) is 46.8 Å². The van der Waals surface area contributed by atoms with Crippen LogP contribution in [0.5, 0.6) is 0 Å². The van der Waals surface area contributed by atoms with Gasteiger partial charge in [-0.2, -0.15) is 0 Å². The molecule has 4 nitrogen and oxygen atoms in total. The molecule has 0 amide bonds. The zero-order valence-electron chi connectivity index (χ0n) is 20.8. The molecule has 0 atom stereocenters. The lowest BCUT2D eigenvalue weighted by atomic mass is 9.84. The number of rotatable bonds is 7. The maximum absolute atomic E-state index is 11.1. The molecule has 2 fully saturated rings. The highest BCUT2D eigenvalue weighted by Gasteiger charge is 2.34. The van der Waals surface area contributed by atoms with Crippen molar-refractivity contribution in [3.63, 3.8) is 0 Å². The van der Waals surface area contributed by atoms with E-state index in [1.54, 1.807) is 0 Å². The van der Waals surface area contributed by atoms with E-state index >= 15 is 0 Å². The maximum Gasteiger partial charge on any atom is 0.0930 e. The Morgan fingerprint density at radius 3 is 2.18 bits per heavy atom. The second-order valence-electron chi connectivity index (χ2n) is 11.0. The smallest absolute Gasteiger partial charge is 0.0930 e. The van der Waals surface area contributed by atoms with Gasteiger partial charge in [-0.15, -0.1) is 0 Å². The Labute approximate surface area is 215 Å². The summed E-state index contributed by atoms with van der Waals surface area (Å²) in [5.41, 5.74) is 2.63. The molecule has 2 aromatic carbocycles. The lowest BCUT2D eigenvalue weighted by Gasteiger charge is -2.39. The van der Waals surface area contributed by atoms with E-state index in [0.717, 1.165) is 44.0 Å². The van der Waals surface area contributed by atoms with Gasteiger partial charge in [-0.25, -0.2) is 0 Å². The van der Waals surface area contributed by atoms with Crippen LogP contribution in [0, 0.1) is 5.92 Å². The molecule has 1 aliphatic carbocycles. The average molecular weight is 502 g/mol. The molecule has 34 heavy (non-hydrogen) atoms. The number of piperidine rings is 1. The first-order valence-electron chi connectivity index (χ1n) is 12.7. The van der Waals surface area contributed by atoms with Crippen LogP contribution >= 0.6 is 23.5 Å². The highest BCUT2D eigenvalue weighted by atomic mass is 35.5. The van der Waals surface area contributed by atoms with Crippen molar-refractivity contribution in [3.05, 3.63) is 59.1 Å². The summed E-state index contributed by atoms with van der Waals surface area (Å²) in [6.45, 7) is 9.53. The van der Waals surface area contributed by atoms with Gasteiger partial charge in [0.15, 0.2) is 0 Å². The Balaban J connectivity index is 1.20. The van der Waals surface area contributed by atoms with Crippen molar-refractivity contribution >= 4 is 34.9 Å². The Bertz CT molecular complexity index is 897. The van der Waals surface area contributed by atoms with E-state index in [4.69, 9.17) is 11.6 Å². The number of aliphatic hydroxyl groups is 1. The summed E-state index contributed by atoms with van der Waals surface area (Å²) in [7, 11) is 0. The highest BCUT2D eigenvalue weighted by Crippen LogP contribution is 2.35. The van der Waals surface area contributed by atoms with Crippen LogP contribution in [0.1, 0.15) is 64.9 Å². The summed E-state index contributed by atoms with van der Waals surface area (Å²) in [6.07, 6.45) is 6.56. The standard InChI is InChI=1S/C28H40ClN3OS/c1-27(2,3)34-31-25-10-4-21(5-11-25)20-30-24-12-14-26(15-13-24)32-18-16-28(33,17-19-32)22-6-8-23(29)9-7-22/h6-9,12-15,21,25,30-31,33H,4-5,10-11,16-20H2,1-3H3/t21-,25-. The van der Waals surface area contributed by atoms with Crippen LogP contribution in [0.4, 0.5) is 11.4 Å². The van der Waals surface area contributed by atoms with E-state index in [-0.39, 0.29) is 4.75 Å². The van der Waals surface area contributed by atoms with Crippen molar-refractivity contribution in [1.29, 1.82) is 0 Å². The molecule has 0 aromatic heterocycles. The fourth-order valence-electron chi connectivity index (χ4n) is 4.98. The topological polar surface area (TPSA) is 47.5 Å². The van der Waals surface area contributed by atoms with Crippen molar-refractivity contribution in [2.45, 2.75) is 75.7 Å². The molecule has 0 bridgehead atoms. The molecule has 2 aliphatic rings. The zero-order chi connectivity index (χ0) is 24.2. The van der Waals surface area contributed by atoms with Gasteiger partial charge < -0.3 is 15.3 Å². The number of anilines is 2. The van der Waals surface area contributed by atoms with Crippen LogP contribution in [-0.2, 0) is 5.60 Å². The Kier molecular flexibility index (Phi) is 8.40. The van der Waals surface area contributed by atoms with E-state index in [1.165, 1.54) is 37.1 Å². The van der Waals surface area contributed by atoms with Crippen LogP contribution in [0.3, 0.4) is 0 Å². The fraction of sp³-hybridized carbons (Fsp3) is 0.571. The van der Waals surface area contributed by atoms with Gasteiger partial charge in [-0.05, 0) is 107 Å². The van der Waals surface area contributed by atoms with Crippen LogP contribution < -0.4 is 14.9 Å². The van der Waals surface area contributed by atoms with E-state index in [0.29, 0.717) is 11.1 Å². The lowest BCUT2D eigenvalue weighted by molar-refractivity contribution is 0.0118. The molecular formula is C28H40ClN3OS. The Hall–Kier alpha value is -1.40. The monoisotopic (exact) mass is 501 g/mol. The summed E-state index contributed by atoms with van der Waals surface area (Å²) < 4.78 is 3.95. The summed E-state index contributed by atoms with van der Waals surface area (Å²) >= 11 is 7.89. The van der Waals surface area contributed by atoms with E-state index in [9.17, 15) is 5.11 Å². The molecule has 0 radical (unpaired) electrons. The first kappa shape index (κ1) is 25.7. The lowest BCUT2D eigenvalue weighted by Crippen LogP contribution is -2.42. The number of nitrogens with zero attached hydrogens (tertiary/aromatic N) is 1. The van der Waals surface area contributed by atoms with Crippen molar-refractivity contribution in [1.82, 2.24) is 4.72 Å². The van der Waals surface area contributed by atoms with E-state index in [2.05, 4.69) is 60.0 Å². The third-order valence-electron chi connectivity index (χ3n) is 7.18. The molecule has 4 rings (SSSR count). The second kappa shape index (κ2) is 11.1. The zero-order valence-corrected chi connectivity index (χ0v) is 22.4. The molecule has 1 aliphatic heterocycles. The highest BCUT2D eigenvalue weighted by molar-refractivity contribution is 7.98. The van der Waals surface area contributed by atoms with Gasteiger partial charge >= 0.3 is 0 Å². The summed E-state index contributed by atoms with van der Waals surface area (Å²) in [4.78, 5) is 2.37. The van der Waals surface area contributed by atoms with Gasteiger partial charge in [0.1, 0.15) is 0 Å². The second-order valence-corrected chi connectivity index (χ2v) is 13.1. The van der Waals surface area contributed by atoms with Crippen molar-refractivity contribution < 1.29 is 5.11 Å². The van der Waals surface area contributed by atoms with Gasteiger partial charge in [0.2, 0.25) is 0 Å². The molecule has 6 heteroatoms. The molecule has 1 saturated carbocycles. The van der Waals surface area contributed by atoms with Crippen LogP contribution in [0.15, 0.2) is 48.5 Å². The minimum atomic E-state index is -0.761. The maximum atomic E-state index is 11.1. The minimum Gasteiger partial charge on any atom is -0.385 e. The predicted molar refractivity (Wildman–Crippen MR) is 148 cm³/mol. The number of benzene rings is 2. The van der Waals surface area contributed by atoms with E-state index in [1.807, 2.05) is 36.2 Å². The molecule has 186 valence electrons.